The van der Waals surface area contributed by atoms with E-state index in [-0.39, 0.29) is 12.6 Å². The standard InChI is InChI=1S/C11H22F2N2O/c1-9(2)6-15-5-4-14(3)10(7-15)8-16-11(12)13/h9-11H,4-8H2,1-3H3. The minimum atomic E-state index is -2.66. The van der Waals surface area contributed by atoms with Crippen LogP contribution >= 0.6 is 0 Å². The van der Waals surface area contributed by atoms with Crippen molar-refractivity contribution in [2.24, 2.45) is 5.92 Å². The molecule has 0 aromatic heterocycles. The highest BCUT2D eigenvalue weighted by molar-refractivity contribution is 4.80. The van der Waals surface area contributed by atoms with Crippen molar-refractivity contribution >= 4 is 0 Å². The largest absolute Gasteiger partial charge is 0.345 e. The average Bonchev–Trinajstić information content (AvgIpc) is 2.18. The Kier molecular flexibility index (Phi) is 5.58. The van der Waals surface area contributed by atoms with Gasteiger partial charge in [-0.3, -0.25) is 4.90 Å². The van der Waals surface area contributed by atoms with E-state index >= 15 is 0 Å². The molecule has 0 aromatic carbocycles. The molecule has 0 radical (unpaired) electrons. The molecule has 0 bridgehead atoms. The fourth-order valence-corrected chi connectivity index (χ4v) is 2.06. The fraction of sp³-hybridized carbons (Fsp3) is 1.00. The molecular formula is C11H22F2N2O. The van der Waals surface area contributed by atoms with E-state index in [2.05, 4.69) is 28.4 Å². The van der Waals surface area contributed by atoms with Gasteiger partial charge in [0.05, 0.1) is 6.61 Å². The van der Waals surface area contributed by atoms with Crippen molar-refractivity contribution in [3.8, 4) is 0 Å². The third-order valence-electron chi connectivity index (χ3n) is 2.90. The molecule has 1 fully saturated rings. The van der Waals surface area contributed by atoms with E-state index in [9.17, 15) is 8.78 Å². The van der Waals surface area contributed by atoms with Gasteiger partial charge < -0.3 is 9.64 Å². The van der Waals surface area contributed by atoms with Crippen LogP contribution < -0.4 is 0 Å². The molecule has 3 nitrogen and oxygen atoms in total. The van der Waals surface area contributed by atoms with Crippen LogP contribution in [0.3, 0.4) is 0 Å². The Balaban J connectivity index is 2.36. The molecule has 1 atom stereocenters. The Bertz CT molecular complexity index is 202. The first-order valence-electron chi connectivity index (χ1n) is 5.81. The lowest BCUT2D eigenvalue weighted by molar-refractivity contribution is -0.144. The van der Waals surface area contributed by atoms with E-state index in [1.807, 2.05) is 7.05 Å². The molecule has 1 rings (SSSR count). The number of ether oxygens (including phenoxy) is 1. The molecule has 0 saturated carbocycles. The highest BCUT2D eigenvalue weighted by Crippen LogP contribution is 2.11. The number of hydrogen-bond acceptors (Lipinski definition) is 3. The van der Waals surface area contributed by atoms with E-state index < -0.39 is 6.61 Å². The number of likely N-dealkylation sites (N-methyl/N-ethyl adjacent to an activating group) is 1. The van der Waals surface area contributed by atoms with Gasteiger partial charge in [0.2, 0.25) is 0 Å². The van der Waals surface area contributed by atoms with Crippen LogP contribution in [0.25, 0.3) is 0 Å². The Hall–Kier alpha value is -0.260. The second-order valence-electron chi connectivity index (χ2n) is 4.88. The summed E-state index contributed by atoms with van der Waals surface area (Å²) in [5.41, 5.74) is 0. The highest BCUT2D eigenvalue weighted by atomic mass is 19.3. The molecule has 96 valence electrons. The predicted octanol–water partition coefficient (Wildman–Crippen LogP) is 1.50. The first-order chi connectivity index (χ1) is 7.49. The van der Waals surface area contributed by atoms with E-state index in [1.54, 1.807) is 0 Å². The maximum absolute atomic E-state index is 12.0. The van der Waals surface area contributed by atoms with Gasteiger partial charge in [0.15, 0.2) is 0 Å². The molecule has 0 spiro atoms. The normalized spacial score (nSPS) is 24.6. The molecular weight excluding hydrogens is 214 g/mol. The van der Waals surface area contributed by atoms with Crippen molar-refractivity contribution in [1.82, 2.24) is 9.80 Å². The molecule has 16 heavy (non-hydrogen) atoms. The van der Waals surface area contributed by atoms with E-state index in [0.717, 1.165) is 26.2 Å². The smallest absolute Gasteiger partial charge is 0.321 e. The number of alkyl halides is 2. The van der Waals surface area contributed by atoms with Crippen molar-refractivity contribution in [1.29, 1.82) is 0 Å². The fourth-order valence-electron chi connectivity index (χ4n) is 2.06. The number of rotatable bonds is 5. The van der Waals surface area contributed by atoms with Gasteiger partial charge >= 0.3 is 6.61 Å². The van der Waals surface area contributed by atoms with Crippen molar-refractivity contribution in [3.05, 3.63) is 0 Å². The molecule has 0 amide bonds. The van der Waals surface area contributed by atoms with Crippen LogP contribution in [0.4, 0.5) is 8.78 Å². The minimum absolute atomic E-state index is 0.0847. The summed E-state index contributed by atoms with van der Waals surface area (Å²) < 4.78 is 28.3. The van der Waals surface area contributed by atoms with E-state index in [1.165, 1.54) is 0 Å². The summed E-state index contributed by atoms with van der Waals surface area (Å²) in [7, 11) is 1.96. The average molecular weight is 236 g/mol. The number of nitrogens with zero attached hydrogens (tertiary/aromatic N) is 2. The zero-order valence-electron chi connectivity index (χ0n) is 10.3. The van der Waals surface area contributed by atoms with Crippen LogP contribution in [-0.4, -0.2) is 62.3 Å². The van der Waals surface area contributed by atoms with Crippen molar-refractivity contribution in [3.63, 3.8) is 0 Å². The summed E-state index contributed by atoms with van der Waals surface area (Å²) in [4.78, 5) is 4.42. The molecule has 1 heterocycles. The molecule has 5 heteroatoms. The third kappa shape index (κ3) is 4.72. The van der Waals surface area contributed by atoms with E-state index in [4.69, 9.17) is 0 Å². The van der Waals surface area contributed by atoms with Crippen molar-refractivity contribution < 1.29 is 13.5 Å². The summed E-state index contributed by atoms with van der Waals surface area (Å²) in [6.07, 6.45) is 0. The van der Waals surface area contributed by atoms with Gasteiger partial charge in [0, 0.05) is 32.2 Å². The molecule has 0 N–H and O–H groups in total. The molecule has 1 saturated heterocycles. The second-order valence-corrected chi connectivity index (χ2v) is 4.88. The van der Waals surface area contributed by atoms with Gasteiger partial charge in [-0.25, -0.2) is 0 Å². The minimum Gasteiger partial charge on any atom is -0.321 e. The monoisotopic (exact) mass is 236 g/mol. The second kappa shape index (κ2) is 6.47. The first kappa shape index (κ1) is 13.8. The maximum atomic E-state index is 12.0. The van der Waals surface area contributed by atoms with Gasteiger partial charge in [-0.2, -0.15) is 8.78 Å². The molecule has 0 aliphatic carbocycles. The third-order valence-corrected chi connectivity index (χ3v) is 2.90. The molecule has 1 unspecified atom stereocenters. The van der Waals surface area contributed by atoms with Crippen molar-refractivity contribution in [2.45, 2.75) is 26.5 Å². The van der Waals surface area contributed by atoms with Crippen molar-refractivity contribution in [2.75, 3.05) is 39.8 Å². The summed E-state index contributed by atoms with van der Waals surface area (Å²) in [6.45, 7) is 5.58. The molecule has 0 aromatic rings. The molecule has 1 aliphatic rings. The first-order valence-corrected chi connectivity index (χ1v) is 5.81. The van der Waals surface area contributed by atoms with Gasteiger partial charge in [0.1, 0.15) is 0 Å². The van der Waals surface area contributed by atoms with Crippen LogP contribution in [0.15, 0.2) is 0 Å². The lowest BCUT2D eigenvalue weighted by atomic mass is 10.1. The van der Waals surface area contributed by atoms with Crippen LogP contribution in [0.5, 0.6) is 0 Å². The predicted molar refractivity (Wildman–Crippen MR) is 59.7 cm³/mol. The molecule has 1 aliphatic heterocycles. The Morgan fingerprint density at radius 1 is 1.31 bits per heavy atom. The summed E-state index contributed by atoms with van der Waals surface area (Å²) >= 11 is 0. The Morgan fingerprint density at radius 2 is 2.00 bits per heavy atom. The number of halogens is 2. The zero-order chi connectivity index (χ0) is 12.1. The number of hydrogen-bond donors (Lipinski definition) is 0. The number of piperazine rings is 1. The quantitative estimate of drug-likeness (QED) is 0.719. The maximum Gasteiger partial charge on any atom is 0.345 e. The van der Waals surface area contributed by atoms with Crippen LogP contribution in [0.2, 0.25) is 0 Å². The Morgan fingerprint density at radius 3 is 2.56 bits per heavy atom. The Labute approximate surface area is 96.3 Å². The van der Waals surface area contributed by atoms with E-state index in [0.29, 0.717) is 5.92 Å². The van der Waals surface area contributed by atoms with Gasteiger partial charge in [-0.05, 0) is 13.0 Å². The summed E-state index contributed by atoms with van der Waals surface area (Å²) in [5, 5.41) is 0. The summed E-state index contributed by atoms with van der Waals surface area (Å²) in [5.74, 6) is 0.611. The van der Waals surface area contributed by atoms with Gasteiger partial charge in [-0.15, -0.1) is 0 Å². The SMILES string of the molecule is CC(C)CN1CCN(C)C(COC(F)F)C1. The highest BCUT2D eigenvalue weighted by Gasteiger charge is 2.25. The van der Waals surface area contributed by atoms with Crippen LogP contribution in [0.1, 0.15) is 13.8 Å². The van der Waals surface area contributed by atoms with Gasteiger partial charge in [0.25, 0.3) is 0 Å². The van der Waals surface area contributed by atoms with Gasteiger partial charge in [-0.1, -0.05) is 13.8 Å². The van der Waals surface area contributed by atoms with Crippen LogP contribution in [-0.2, 0) is 4.74 Å². The lowest BCUT2D eigenvalue weighted by Crippen LogP contribution is -2.54. The summed E-state index contributed by atoms with van der Waals surface area (Å²) in [6, 6.07) is 0.0847. The lowest BCUT2D eigenvalue weighted by Gasteiger charge is -2.39. The zero-order valence-corrected chi connectivity index (χ0v) is 10.3. The van der Waals surface area contributed by atoms with Crippen LogP contribution in [0, 0.1) is 5.92 Å². The topological polar surface area (TPSA) is 15.7 Å².